The first kappa shape index (κ1) is 31.6. The van der Waals surface area contributed by atoms with Crippen LogP contribution in [0.4, 0.5) is 10.1 Å². The monoisotopic (exact) mass is 660 g/mol. The molecule has 0 spiro atoms. The van der Waals surface area contributed by atoms with Crippen LogP contribution in [0.3, 0.4) is 0 Å². The average Bonchev–Trinajstić information content (AvgIpc) is 3.03. The van der Waals surface area contributed by atoms with E-state index in [1.807, 2.05) is 19.1 Å². The molecule has 248 valence electrons. The van der Waals surface area contributed by atoms with Gasteiger partial charge in [-0.15, -0.1) is 0 Å². The Kier molecular flexibility index (Phi) is 8.44. The van der Waals surface area contributed by atoms with E-state index in [4.69, 9.17) is 4.74 Å². The number of nitrogens with zero attached hydrogens (tertiary/aromatic N) is 3. The lowest BCUT2D eigenvalue weighted by Crippen LogP contribution is -2.51. The molecule has 3 aromatic rings. The van der Waals surface area contributed by atoms with E-state index >= 15 is 4.39 Å². The van der Waals surface area contributed by atoms with Crippen LogP contribution >= 0.6 is 0 Å². The molecule has 1 saturated heterocycles. The number of sulfonamides is 1. The summed E-state index contributed by atoms with van der Waals surface area (Å²) in [5, 5.41) is 0. The Labute approximate surface area is 275 Å². The van der Waals surface area contributed by atoms with Crippen LogP contribution in [0.5, 0.6) is 5.75 Å². The molecule has 9 nitrogen and oxygen atoms in total. The molecule has 1 aromatic heterocycles. The first-order valence-corrected chi connectivity index (χ1v) is 18.3. The number of amides is 2. The van der Waals surface area contributed by atoms with Crippen molar-refractivity contribution < 1.29 is 27.1 Å². The van der Waals surface area contributed by atoms with Gasteiger partial charge in [0.05, 0.1) is 18.6 Å². The molecule has 4 aliphatic carbocycles. The van der Waals surface area contributed by atoms with Gasteiger partial charge in [0.25, 0.3) is 11.8 Å². The molecule has 11 heteroatoms. The van der Waals surface area contributed by atoms with E-state index in [0.717, 1.165) is 24.9 Å². The van der Waals surface area contributed by atoms with Gasteiger partial charge in [0, 0.05) is 60.3 Å². The van der Waals surface area contributed by atoms with Crippen LogP contribution in [-0.2, 0) is 10.0 Å². The number of carbonyl (C=O) groups is 2. The predicted molar refractivity (Wildman–Crippen MR) is 177 cm³/mol. The minimum Gasteiger partial charge on any atom is -0.492 e. The highest BCUT2D eigenvalue weighted by atomic mass is 32.2. The Balaban J connectivity index is 0.929. The van der Waals surface area contributed by atoms with Crippen molar-refractivity contribution >= 4 is 27.5 Å². The van der Waals surface area contributed by atoms with Crippen LogP contribution in [0.2, 0.25) is 0 Å². The van der Waals surface area contributed by atoms with Crippen molar-refractivity contribution in [2.75, 3.05) is 43.4 Å². The number of rotatable bonds is 9. The van der Waals surface area contributed by atoms with Gasteiger partial charge in [-0.05, 0) is 111 Å². The third-order valence-electron chi connectivity index (χ3n) is 10.5. The number of hydrogen-bond donors (Lipinski definition) is 1. The number of piperazine rings is 1. The van der Waals surface area contributed by atoms with Crippen molar-refractivity contribution in [1.29, 1.82) is 0 Å². The van der Waals surface area contributed by atoms with Crippen LogP contribution in [0.15, 0.2) is 60.9 Å². The Morgan fingerprint density at radius 2 is 1.55 bits per heavy atom. The predicted octanol–water partition coefficient (Wildman–Crippen LogP) is 5.52. The Bertz CT molecular complexity index is 1740. The summed E-state index contributed by atoms with van der Waals surface area (Å²) < 4.78 is 49.2. The van der Waals surface area contributed by atoms with Gasteiger partial charge in [-0.25, -0.2) is 17.5 Å². The number of carbonyl (C=O) groups excluding carboxylic acids is 2. The number of pyridine rings is 1. The fraction of sp³-hybridized carbons (Fsp3) is 0.472. The van der Waals surface area contributed by atoms with E-state index in [1.165, 1.54) is 25.3 Å². The van der Waals surface area contributed by atoms with E-state index in [2.05, 4.69) is 14.6 Å². The topological polar surface area (TPSA) is 109 Å². The molecule has 2 amide bonds. The normalized spacial score (nSPS) is 25.1. The first-order valence-electron chi connectivity index (χ1n) is 16.7. The molecule has 47 heavy (non-hydrogen) atoms. The summed E-state index contributed by atoms with van der Waals surface area (Å²) in [6.07, 6.45) is 9.74. The van der Waals surface area contributed by atoms with E-state index in [9.17, 15) is 18.0 Å². The van der Waals surface area contributed by atoms with Crippen molar-refractivity contribution in [2.24, 2.45) is 23.2 Å². The molecule has 5 fully saturated rings. The van der Waals surface area contributed by atoms with Crippen LogP contribution < -0.4 is 14.4 Å². The third kappa shape index (κ3) is 6.72. The van der Waals surface area contributed by atoms with Gasteiger partial charge >= 0.3 is 0 Å². The van der Waals surface area contributed by atoms with Gasteiger partial charge in [0.15, 0.2) is 0 Å². The van der Waals surface area contributed by atoms with Gasteiger partial charge in [-0.2, -0.15) is 0 Å². The standard InChI is InChI=1S/C36H41FN4O5S/c1-2-46-31-16-29(21-38-22-31)32-8-5-28(17-33(32)37)35(43)41-11-9-40(10-12-41)30-6-3-27(4-7-30)34(42)39-47(44,45)23-36-18-24-13-25(19-36)15-26(14-24)20-36/h3-8,16-17,21-22,24-26H,2,9-15,18-20,23H2,1H3,(H,39,42). The fourth-order valence-electron chi connectivity index (χ4n) is 8.97. The van der Waals surface area contributed by atoms with Crippen molar-refractivity contribution in [1.82, 2.24) is 14.6 Å². The number of nitrogens with one attached hydrogen (secondary N) is 1. The van der Waals surface area contributed by atoms with Crippen molar-refractivity contribution in [3.05, 3.63) is 77.9 Å². The van der Waals surface area contributed by atoms with Gasteiger partial charge in [-0.3, -0.25) is 14.6 Å². The molecular weight excluding hydrogens is 619 g/mol. The Morgan fingerprint density at radius 1 is 0.915 bits per heavy atom. The number of aromatic nitrogens is 1. The molecule has 4 bridgehead atoms. The second kappa shape index (κ2) is 12.6. The van der Waals surface area contributed by atoms with E-state index in [-0.39, 0.29) is 22.6 Å². The summed E-state index contributed by atoms with van der Waals surface area (Å²) in [7, 11) is -3.76. The number of halogens is 1. The summed E-state index contributed by atoms with van der Waals surface area (Å²) >= 11 is 0. The lowest BCUT2D eigenvalue weighted by Gasteiger charge is -2.56. The largest absolute Gasteiger partial charge is 0.492 e. The van der Waals surface area contributed by atoms with Crippen LogP contribution in [0.25, 0.3) is 11.1 Å². The van der Waals surface area contributed by atoms with Crippen LogP contribution in [-0.4, -0.2) is 68.7 Å². The molecule has 0 unspecified atom stereocenters. The van der Waals surface area contributed by atoms with Crippen molar-refractivity contribution in [2.45, 2.75) is 45.4 Å². The molecular formula is C36H41FN4O5S. The molecule has 0 atom stereocenters. The summed E-state index contributed by atoms with van der Waals surface area (Å²) in [5.41, 5.74) is 2.19. The highest BCUT2D eigenvalue weighted by Crippen LogP contribution is 2.60. The Morgan fingerprint density at radius 3 is 2.17 bits per heavy atom. The van der Waals surface area contributed by atoms with Crippen LogP contribution in [0, 0.1) is 29.0 Å². The smallest absolute Gasteiger partial charge is 0.264 e. The maximum Gasteiger partial charge on any atom is 0.264 e. The molecule has 1 aliphatic heterocycles. The van der Waals surface area contributed by atoms with E-state index in [1.54, 1.807) is 47.6 Å². The summed E-state index contributed by atoms with van der Waals surface area (Å²) in [6, 6.07) is 13.1. The highest BCUT2D eigenvalue weighted by molar-refractivity contribution is 7.90. The molecule has 4 saturated carbocycles. The highest BCUT2D eigenvalue weighted by Gasteiger charge is 2.52. The minimum absolute atomic E-state index is 0.0347. The minimum atomic E-state index is -3.76. The summed E-state index contributed by atoms with van der Waals surface area (Å²) in [6.45, 7) is 4.37. The van der Waals surface area contributed by atoms with Crippen molar-refractivity contribution in [3.8, 4) is 16.9 Å². The number of benzene rings is 2. The number of hydrogen-bond acceptors (Lipinski definition) is 7. The van der Waals surface area contributed by atoms with Crippen LogP contribution in [0.1, 0.15) is 66.2 Å². The molecule has 8 rings (SSSR count). The van der Waals surface area contributed by atoms with Gasteiger partial charge in [0.1, 0.15) is 11.6 Å². The maximum absolute atomic E-state index is 15.1. The Hall–Kier alpha value is -3.99. The zero-order valence-electron chi connectivity index (χ0n) is 26.7. The lowest BCUT2D eigenvalue weighted by atomic mass is 9.50. The zero-order chi connectivity index (χ0) is 32.8. The second-order valence-corrected chi connectivity index (χ2v) is 15.7. The summed E-state index contributed by atoms with van der Waals surface area (Å²) in [5.74, 6) is 1.16. The third-order valence-corrected chi connectivity index (χ3v) is 12.0. The van der Waals surface area contributed by atoms with Gasteiger partial charge < -0.3 is 14.5 Å². The molecule has 5 aliphatic rings. The fourth-order valence-corrected chi connectivity index (χ4v) is 10.6. The second-order valence-electron chi connectivity index (χ2n) is 14.0. The van der Waals surface area contributed by atoms with E-state index in [0.29, 0.717) is 73.0 Å². The lowest BCUT2D eigenvalue weighted by molar-refractivity contribution is -0.0391. The van der Waals surface area contributed by atoms with E-state index < -0.39 is 21.7 Å². The number of ether oxygens (including phenoxy) is 1. The zero-order valence-corrected chi connectivity index (χ0v) is 27.5. The van der Waals surface area contributed by atoms with Gasteiger partial charge in [0.2, 0.25) is 10.0 Å². The molecule has 2 heterocycles. The average molecular weight is 661 g/mol. The molecule has 1 N–H and O–H groups in total. The molecule has 2 aromatic carbocycles. The maximum atomic E-state index is 15.1. The number of anilines is 1. The SMILES string of the molecule is CCOc1cncc(-c2ccc(C(=O)N3CCN(c4ccc(C(=O)NS(=O)(=O)CC56CC7CC(CC(C7)C5)C6)cc4)CC3)cc2F)c1. The summed E-state index contributed by atoms with van der Waals surface area (Å²) in [4.78, 5) is 34.1. The van der Waals surface area contributed by atoms with Gasteiger partial charge in [-0.1, -0.05) is 6.07 Å². The first-order chi connectivity index (χ1) is 22.6. The molecule has 0 radical (unpaired) electrons. The van der Waals surface area contributed by atoms with Crippen molar-refractivity contribution in [3.63, 3.8) is 0 Å². The quantitative estimate of drug-likeness (QED) is 0.322.